The summed E-state index contributed by atoms with van der Waals surface area (Å²) in [6, 6.07) is 18.8. The lowest BCUT2D eigenvalue weighted by Crippen LogP contribution is -2.46. The molecule has 5 atom stereocenters. The SMILES string of the molecule is O=[N+]([O-])c1ccc(C2C3CC=CC3c3c4c(cc5ccccc35)C3C=CCC3CN42)cc1. The lowest BCUT2D eigenvalue weighted by molar-refractivity contribution is -0.384. The van der Waals surface area contributed by atoms with Gasteiger partial charge in [0.1, 0.15) is 0 Å². The van der Waals surface area contributed by atoms with E-state index in [0.717, 1.165) is 19.4 Å². The van der Waals surface area contributed by atoms with Crippen LogP contribution < -0.4 is 4.90 Å². The zero-order chi connectivity index (χ0) is 21.4. The van der Waals surface area contributed by atoms with Crippen molar-refractivity contribution in [2.75, 3.05) is 11.4 Å². The maximum absolute atomic E-state index is 11.2. The van der Waals surface area contributed by atoms with Crippen LogP contribution in [-0.2, 0) is 0 Å². The molecule has 5 unspecified atom stereocenters. The van der Waals surface area contributed by atoms with E-state index in [1.165, 1.54) is 33.2 Å². The second-order valence-corrected chi connectivity index (χ2v) is 9.70. The van der Waals surface area contributed by atoms with Crippen LogP contribution in [0.25, 0.3) is 10.8 Å². The first kappa shape index (κ1) is 18.2. The first-order valence-electron chi connectivity index (χ1n) is 11.6. The number of hydrogen-bond acceptors (Lipinski definition) is 3. The second kappa shape index (κ2) is 6.55. The number of non-ortho nitro benzene ring substituents is 1. The molecule has 0 bridgehead atoms. The zero-order valence-corrected chi connectivity index (χ0v) is 17.7. The van der Waals surface area contributed by atoms with Crippen molar-refractivity contribution in [2.24, 2.45) is 11.8 Å². The summed E-state index contributed by atoms with van der Waals surface area (Å²) < 4.78 is 0. The molecule has 0 fully saturated rings. The van der Waals surface area contributed by atoms with Gasteiger partial charge in [-0.1, -0.05) is 60.7 Å². The summed E-state index contributed by atoms with van der Waals surface area (Å²) in [6.45, 7) is 1.04. The molecule has 0 radical (unpaired) electrons. The van der Waals surface area contributed by atoms with Gasteiger partial charge in [0.05, 0.1) is 11.0 Å². The number of nitro groups is 1. The minimum absolute atomic E-state index is 0.163. The van der Waals surface area contributed by atoms with Crippen molar-refractivity contribution in [1.29, 1.82) is 0 Å². The topological polar surface area (TPSA) is 46.4 Å². The molecule has 0 N–H and O–H groups in total. The Morgan fingerprint density at radius 1 is 0.938 bits per heavy atom. The van der Waals surface area contributed by atoms with Crippen molar-refractivity contribution in [3.05, 3.63) is 106 Å². The Bertz CT molecular complexity index is 1320. The van der Waals surface area contributed by atoms with Gasteiger partial charge in [-0.05, 0) is 58.2 Å². The van der Waals surface area contributed by atoms with Gasteiger partial charge in [-0.15, -0.1) is 0 Å². The van der Waals surface area contributed by atoms with E-state index in [1.807, 2.05) is 12.1 Å². The molecule has 2 heterocycles. The molecule has 2 aliphatic carbocycles. The molecule has 3 aromatic rings. The van der Waals surface area contributed by atoms with Crippen molar-refractivity contribution in [2.45, 2.75) is 30.7 Å². The minimum Gasteiger partial charge on any atom is -0.363 e. The Morgan fingerprint density at radius 3 is 2.56 bits per heavy atom. The summed E-state index contributed by atoms with van der Waals surface area (Å²) in [5.74, 6) is 1.92. The van der Waals surface area contributed by atoms with Gasteiger partial charge < -0.3 is 4.90 Å². The van der Waals surface area contributed by atoms with Crippen LogP contribution in [0, 0.1) is 22.0 Å². The van der Waals surface area contributed by atoms with E-state index in [-0.39, 0.29) is 16.7 Å². The highest BCUT2D eigenvalue weighted by Crippen LogP contribution is 2.60. The highest BCUT2D eigenvalue weighted by molar-refractivity contribution is 5.94. The molecule has 3 aromatic carbocycles. The van der Waals surface area contributed by atoms with Crippen molar-refractivity contribution in [3.8, 4) is 0 Å². The minimum atomic E-state index is -0.306. The van der Waals surface area contributed by atoms with E-state index in [0.29, 0.717) is 23.7 Å². The summed E-state index contributed by atoms with van der Waals surface area (Å²) in [7, 11) is 0. The first-order chi connectivity index (χ1) is 15.7. The maximum Gasteiger partial charge on any atom is 0.269 e. The molecule has 32 heavy (non-hydrogen) atoms. The van der Waals surface area contributed by atoms with Crippen LogP contribution in [-0.4, -0.2) is 11.5 Å². The Morgan fingerprint density at radius 2 is 1.72 bits per heavy atom. The number of nitrogens with zero attached hydrogens (tertiary/aromatic N) is 2. The molecule has 0 saturated heterocycles. The number of fused-ring (bicyclic) bond motifs is 6. The molecule has 0 aromatic heterocycles. The number of rotatable bonds is 2. The molecular weight excluding hydrogens is 396 g/mol. The third kappa shape index (κ3) is 2.38. The van der Waals surface area contributed by atoms with Crippen LogP contribution in [0.2, 0.25) is 0 Å². The summed E-state index contributed by atoms with van der Waals surface area (Å²) in [5, 5.41) is 14.0. The predicted octanol–water partition coefficient (Wildman–Crippen LogP) is 6.64. The number of anilines is 1. The van der Waals surface area contributed by atoms with Crippen molar-refractivity contribution in [1.82, 2.24) is 0 Å². The van der Waals surface area contributed by atoms with Crippen LogP contribution in [0.15, 0.2) is 78.9 Å². The zero-order valence-electron chi connectivity index (χ0n) is 17.7. The van der Waals surface area contributed by atoms with E-state index in [1.54, 1.807) is 12.1 Å². The first-order valence-corrected chi connectivity index (χ1v) is 11.6. The van der Waals surface area contributed by atoms with Gasteiger partial charge in [0.15, 0.2) is 0 Å². The predicted molar refractivity (Wildman–Crippen MR) is 127 cm³/mol. The smallest absolute Gasteiger partial charge is 0.269 e. The number of benzene rings is 3. The summed E-state index contributed by atoms with van der Waals surface area (Å²) in [4.78, 5) is 13.6. The highest BCUT2D eigenvalue weighted by atomic mass is 16.6. The van der Waals surface area contributed by atoms with Gasteiger partial charge in [-0.25, -0.2) is 0 Å². The van der Waals surface area contributed by atoms with Crippen LogP contribution in [0.5, 0.6) is 0 Å². The van der Waals surface area contributed by atoms with E-state index in [2.05, 4.69) is 59.5 Å². The third-order valence-corrected chi connectivity index (χ3v) is 8.19. The van der Waals surface area contributed by atoms with Crippen LogP contribution in [0.4, 0.5) is 11.4 Å². The van der Waals surface area contributed by atoms with Crippen LogP contribution in [0.3, 0.4) is 0 Å². The molecule has 158 valence electrons. The fraction of sp³-hybridized carbons (Fsp3) is 0.286. The lowest BCUT2D eigenvalue weighted by atomic mass is 9.69. The van der Waals surface area contributed by atoms with E-state index < -0.39 is 0 Å². The number of allylic oxidation sites excluding steroid dienone is 4. The van der Waals surface area contributed by atoms with Crippen molar-refractivity contribution >= 4 is 22.1 Å². The van der Waals surface area contributed by atoms with Crippen molar-refractivity contribution in [3.63, 3.8) is 0 Å². The maximum atomic E-state index is 11.2. The number of nitro benzene ring substituents is 1. The van der Waals surface area contributed by atoms with Gasteiger partial charge in [0.2, 0.25) is 0 Å². The average Bonchev–Trinajstić information content (AvgIpc) is 3.49. The Balaban J connectivity index is 1.49. The highest BCUT2D eigenvalue weighted by Gasteiger charge is 2.48. The molecule has 4 aliphatic rings. The van der Waals surface area contributed by atoms with Gasteiger partial charge in [-0.3, -0.25) is 10.1 Å². The quantitative estimate of drug-likeness (QED) is 0.265. The van der Waals surface area contributed by atoms with Crippen LogP contribution in [0.1, 0.15) is 47.4 Å². The normalized spacial score (nSPS) is 29.1. The standard InChI is InChI=1S/C28H24N2O2/c31-30(32)20-13-11-17(12-14-20)27-24-10-4-9-23(24)26-22-7-2-1-5-18(22)15-25-21-8-3-6-19(21)16-29(27)28(25)26/h1-5,7-9,11-15,19,21,23-24,27H,6,10,16H2. The fourth-order valence-corrected chi connectivity index (χ4v) is 6.90. The molecule has 0 saturated carbocycles. The van der Waals surface area contributed by atoms with Gasteiger partial charge in [-0.2, -0.15) is 0 Å². The van der Waals surface area contributed by atoms with Crippen molar-refractivity contribution < 1.29 is 4.92 Å². The second-order valence-electron chi connectivity index (χ2n) is 9.70. The van der Waals surface area contributed by atoms with Gasteiger partial charge in [0, 0.05) is 36.2 Å². The fourth-order valence-electron chi connectivity index (χ4n) is 6.90. The van der Waals surface area contributed by atoms with Gasteiger partial charge >= 0.3 is 0 Å². The van der Waals surface area contributed by atoms with Crippen LogP contribution >= 0.6 is 0 Å². The average molecular weight is 421 g/mol. The molecule has 7 rings (SSSR count). The Kier molecular flexibility index (Phi) is 3.73. The third-order valence-electron chi connectivity index (χ3n) is 8.19. The molecule has 4 nitrogen and oxygen atoms in total. The van der Waals surface area contributed by atoms with E-state index >= 15 is 0 Å². The Labute approximate surface area is 187 Å². The Hall–Kier alpha value is -3.40. The monoisotopic (exact) mass is 420 g/mol. The molecule has 0 spiro atoms. The summed E-state index contributed by atoms with van der Waals surface area (Å²) >= 11 is 0. The summed E-state index contributed by atoms with van der Waals surface area (Å²) in [5.41, 5.74) is 5.75. The summed E-state index contributed by atoms with van der Waals surface area (Å²) in [6.07, 6.45) is 11.7. The number of hydrogen-bond donors (Lipinski definition) is 0. The lowest BCUT2D eigenvalue weighted by Gasteiger charge is -2.51. The van der Waals surface area contributed by atoms with Gasteiger partial charge in [0.25, 0.3) is 5.69 Å². The largest absolute Gasteiger partial charge is 0.363 e. The molecule has 2 aliphatic heterocycles. The van der Waals surface area contributed by atoms with E-state index in [4.69, 9.17) is 0 Å². The molecule has 0 amide bonds. The van der Waals surface area contributed by atoms with E-state index in [9.17, 15) is 10.1 Å². The molecular formula is C28H24N2O2. The molecule has 4 heteroatoms.